The van der Waals surface area contributed by atoms with E-state index in [0.717, 1.165) is 43.4 Å². The van der Waals surface area contributed by atoms with E-state index in [1.54, 1.807) is 6.20 Å². The Morgan fingerprint density at radius 2 is 2.24 bits per heavy atom. The maximum atomic E-state index is 12.2. The average molecular weight is 284 g/mol. The van der Waals surface area contributed by atoms with Gasteiger partial charge in [-0.3, -0.25) is 14.9 Å². The second kappa shape index (κ2) is 6.52. The largest absolute Gasteiger partial charge is 0.351 e. The molecule has 110 valence electrons. The lowest BCUT2D eigenvalue weighted by Gasteiger charge is -2.11. The fourth-order valence-corrected chi connectivity index (χ4v) is 2.79. The number of carbonyl (C=O) groups is 1. The summed E-state index contributed by atoms with van der Waals surface area (Å²) in [6, 6.07) is 3.99. The topological polar surface area (TPSA) is 70.7 Å². The van der Waals surface area contributed by atoms with E-state index in [2.05, 4.69) is 26.6 Å². The van der Waals surface area contributed by atoms with Crippen molar-refractivity contribution in [2.24, 2.45) is 0 Å². The Morgan fingerprint density at radius 1 is 1.33 bits per heavy atom. The molecule has 0 spiro atoms. The van der Waals surface area contributed by atoms with Gasteiger partial charge in [-0.15, -0.1) is 0 Å². The van der Waals surface area contributed by atoms with Crippen LogP contribution in [0.3, 0.4) is 0 Å². The number of pyridine rings is 1. The zero-order valence-electron chi connectivity index (χ0n) is 12.1. The highest BCUT2D eigenvalue weighted by Crippen LogP contribution is 2.21. The molecule has 21 heavy (non-hydrogen) atoms. The number of fused-ring (bicyclic) bond motifs is 1. The Hall–Kier alpha value is -2.17. The lowest BCUT2D eigenvalue weighted by atomic mass is 9.96. The van der Waals surface area contributed by atoms with E-state index in [9.17, 15) is 4.79 Å². The van der Waals surface area contributed by atoms with Crippen LogP contribution in [-0.2, 0) is 19.3 Å². The molecule has 2 N–H and O–H groups in total. The predicted octanol–water partition coefficient (Wildman–Crippen LogP) is 2.05. The third-order valence-electron chi connectivity index (χ3n) is 3.92. The minimum Gasteiger partial charge on any atom is -0.351 e. The summed E-state index contributed by atoms with van der Waals surface area (Å²) in [4.78, 5) is 16.3. The molecule has 0 fully saturated rings. The first-order chi connectivity index (χ1) is 10.3. The molecule has 0 bridgehead atoms. The van der Waals surface area contributed by atoms with Crippen LogP contribution in [-0.4, -0.2) is 27.6 Å². The SMILES string of the molecule is O=C(NCCCc1cccnc1)c1n[nH]c2c1CCCC2. The van der Waals surface area contributed by atoms with Gasteiger partial charge in [0.25, 0.3) is 5.91 Å². The summed E-state index contributed by atoms with van der Waals surface area (Å²) >= 11 is 0. The Bertz CT molecular complexity index is 606. The summed E-state index contributed by atoms with van der Waals surface area (Å²) in [5.74, 6) is -0.0550. The van der Waals surface area contributed by atoms with Gasteiger partial charge in [0.15, 0.2) is 5.69 Å². The standard InChI is InChI=1S/C16H20N4O/c21-16(15-13-7-1-2-8-14(13)19-20-15)18-10-4-6-12-5-3-9-17-11-12/h3,5,9,11H,1-2,4,6-8,10H2,(H,18,21)(H,19,20). The van der Waals surface area contributed by atoms with Crippen molar-refractivity contribution >= 4 is 5.91 Å². The Kier molecular flexibility index (Phi) is 4.28. The molecule has 1 amide bonds. The lowest BCUT2D eigenvalue weighted by Crippen LogP contribution is -2.26. The summed E-state index contributed by atoms with van der Waals surface area (Å²) in [6.45, 7) is 0.662. The van der Waals surface area contributed by atoms with E-state index < -0.39 is 0 Å². The first-order valence-corrected chi connectivity index (χ1v) is 7.58. The van der Waals surface area contributed by atoms with Gasteiger partial charge in [0.05, 0.1) is 0 Å². The number of hydrogen-bond acceptors (Lipinski definition) is 3. The molecule has 1 aliphatic rings. The van der Waals surface area contributed by atoms with E-state index in [-0.39, 0.29) is 5.91 Å². The molecule has 0 saturated heterocycles. The second-order valence-electron chi connectivity index (χ2n) is 5.46. The monoisotopic (exact) mass is 284 g/mol. The van der Waals surface area contributed by atoms with Crippen molar-refractivity contribution in [3.05, 3.63) is 47.0 Å². The molecule has 2 aromatic rings. The number of nitrogens with zero attached hydrogens (tertiary/aromatic N) is 2. The normalized spacial score (nSPS) is 13.7. The van der Waals surface area contributed by atoms with Gasteiger partial charge in [-0.05, 0) is 50.2 Å². The smallest absolute Gasteiger partial charge is 0.272 e. The number of H-pyrrole nitrogens is 1. The van der Waals surface area contributed by atoms with Gasteiger partial charge in [0.2, 0.25) is 0 Å². The van der Waals surface area contributed by atoms with E-state index >= 15 is 0 Å². The summed E-state index contributed by atoms with van der Waals surface area (Å²) in [5.41, 5.74) is 4.04. The van der Waals surface area contributed by atoms with Crippen LogP contribution >= 0.6 is 0 Å². The van der Waals surface area contributed by atoms with E-state index in [4.69, 9.17) is 0 Å². The van der Waals surface area contributed by atoms with E-state index in [1.807, 2.05) is 12.3 Å². The molecule has 0 aromatic carbocycles. The van der Waals surface area contributed by atoms with Crippen LogP contribution in [0.4, 0.5) is 0 Å². The number of nitrogens with one attached hydrogen (secondary N) is 2. The van der Waals surface area contributed by atoms with Crippen LogP contribution in [0.25, 0.3) is 0 Å². The maximum absolute atomic E-state index is 12.2. The van der Waals surface area contributed by atoms with Gasteiger partial charge in [0.1, 0.15) is 0 Å². The van der Waals surface area contributed by atoms with Gasteiger partial charge in [-0.2, -0.15) is 5.10 Å². The quantitative estimate of drug-likeness (QED) is 0.825. The molecule has 2 heterocycles. The molecule has 2 aromatic heterocycles. The number of rotatable bonds is 5. The van der Waals surface area contributed by atoms with Crippen molar-refractivity contribution < 1.29 is 4.79 Å². The fourth-order valence-electron chi connectivity index (χ4n) is 2.79. The molecule has 5 nitrogen and oxygen atoms in total. The summed E-state index contributed by atoms with van der Waals surface area (Å²) in [5, 5.41) is 10.2. The number of aromatic nitrogens is 3. The molecular weight excluding hydrogens is 264 g/mol. The van der Waals surface area contributed by atoms with Gasteiger partial charge in [-0.25, -0.2) is 0 Å². The molecule has 0 saturated carbocycles. The van der Waals surface area contributed by atoms with Gasteiger partial charge >= 0.3 is 0 Å². The Balaban J connectivity index is 1.49. The fraction of sp³-hybridized carbons (Fsp3) is 0.438. The number of hydrogen-bond donors (Lipinski definition) is 2. The number of carbonyl (C=O) groups excluding carboxylic acids is 1. The van der Waals surface area contributed by atoms with Crippen molar-refractivity contribution in [2.75, 3.05) is 6.54 Å². The van der Waals surface area contributed by atoms with Gasteiger partial charge in [0, 0.05) is 30.2 Å². The molecular formula is C16H20N4O. The molecule has 5 heteroatoms. The van der Waals surface area contributed by atoms with Crippen LogP contribution in [0, 0.1) is 0 Å². The van der Waals surface area contributed by atoms with Gasteiger partial charge < -0.3 is 5.32 Å². The molecule has 1 aliphatic carbocycles. The number of aryl methyl sites for hydroxylation is 2. The number of aromatic amines is 1. The second-order valence-corrected chi connectivity index (χ2v) is 5.46. The molecule has 0 atom stereocenters. The molecule has 3 rings (SSSR count). The molecule has 0 aliphatic heterocycles. The zero-order chi connectivity index (χ0) is 14.5. The van der Waals surface area contributed by atoms with Crippen LogP contribution in [0.5, 0.6) is 0 Å². The average Bonchev–Trinajstić information content (AvgIpc) is 2.96. The highest BCUT2D eigenvalue weighted by Gasteiger charge is 2.21. The zero-order valence-corrected chi connectivity index (χ0v) is 12.1. The summed E-state index contributed by atoms with van der Waals surface area (Å²) in [6.07, 6.45) is 9.77. The molecule has 0 unspecified atom stereocenters. The highest BCUT2D eigenvalue weighted by molar-refractivity contribution is 5.94. The highest BCUT2D eigenvalue weighted by atomic mass is 16.1. The predicted molar refractivity (Wildman–Crippen MR) is 80.1 cm³/mol. The van der Waals surface area contributed by atoms with Crippen molar-refractivity contribution in [3.8, 4) is 0 Å². The van der Waals surface area contributed by atoms with Crippen LogP contribution in [0.2, 0.25) is 0 Å². The first-order valence-electron chi connectivity index (χ1n) is 7.58. The Morgan fingerprint density at radius 3 is 3.10 bits per heavy atom. The van der Waals surface area contributed by atoms with E-state index in [0.29, 0.717) is 12.2 Å². The minimum absolute atomic E-state index is 0.0550. The van der Waals surface area contributed by atoms with Crippen molar-refractivity contribution in [1.82, 2.24) is 20.5 Å². The minimum atomic E-state index is -0.0550. The third-order valence-corrected chi connectivity index (χ3v) is 3.92. The van der Waals surface area contributed by atoms with Crippen LogP contribution in [0.15, 0.2) is 24.5 Å². The van der Waals surface area contributed by atoms with Crippen molar-refractivity contribution in [2.45, 2.75) is 38.5 Å². The number of amides is 1. The lowest BCUT2D eigenvalue weighted by molar-refractivity contribution is 0.0947. The van der Waals surface area contributed by atoms with Gasteiger partial charge in [-0.1, -0.05) is 6.07 Å². The van der Waals surface area contributed by atoms with Crippen molar-refractivity contribution in [1.29, 1.82) is 0 Å². The summed E-state index contributed by atoms with van der Waals surface area (Å²) < 4.78 is 0. The van der Waals surface area contributed by atoms with Crippen molar-refractivity contribution in [3.63, 3.8) is 0 Å². The maximum Gasteiger partial charge on any atom is 0.272 e. The molecule has 0 radical (unpaired) electrons. The van der Waals surface area contributed by atoms with Crippen LogP contribution < -0.4 is 5.32 Å². The van der Waals surface area contributed by atoms with E-state index in [1.165, 1.54) is 12.0 Å². The van der Waals surface area contributed by atoms with Crippen LogP contribution in [0.1, 0.15) is 46.6 Å². The Labute approximate surface area is 124 Å². The first kappa shape index (κ1) is 13.8. The third kappa shape index (κ3) is 3.29. The summed E-state index contributed by atoms with van der Waals surface area (Å²) in [7, 11) is 0.